The molecule has 11 rings (SSSR count). The first-order chi connectivity index (χ1) is 25.8. The number of aromatic nitrogens is 5. The monoisotopic (exact) mass is 669 g/mol. The Kier molecular flexibility index (Phi) is 6.12. The zero-order valence-electron chi connectivity index (χ0n) is 27.6. The van der Waals surface area contributed by atoms with Gasteiger partial charge in [-0.05, 0) is 54.6 Å². The number of fused-ring (bicyclic) bond motifs is 9. The minimum atomic E-state index is 0.557. The summed E-state index contributed by atoms with van der Waals surface area (Å²) >= 11 is 0. The lowest BCUT2D eigenvalue weighted by Crippen LogP contribution is -2.06. The summed E-state index contributed by atoms with van der Waals surface area (Å²) in [6.07, 6.45) is 0. The Morgan fingerprint density at radius 1 is 0.385 bits per heavy atom. The van der Waals surface area contributed by atoms with Crippen molar-refractivity contribution in [3.8, 4) is 57.4 Å². The minimum absolute atomic E-state index is 0.557. The lowest BCUT2D eigenvalue weighted by molar-refractivity contribution is 0.362. The van der Waals surface area contributed by atoms with E-state index >= 15 is 0 Å². The summed E-state index contributed by atoms with van der Waals surface area (Å²) in [7, 11) is 0. The second kappa shape index (κ2) is 11.1. The van der Waals surface area contributed by atoms with E-state index < -0.39 is 0 Å². The first-order valence-electron chi connectivity index (χ1n) is 17.2. The zero-order valence-corrected chi connectivity index (χ0v) is 27.6. The van der Waals surface area contributed by atoms with Crippen molar-refractivity contribution >= 4 is 43.6 Å². The van der Waals surface area contributed by atoms with Crippen LogP contribution in [0.5, 0.6) is 23.0 Å². The molecule has 0 fully saturated rings. The predicted molar refractivity (Wildman–Crippen MR) is 206 cm³/mol. The van der Waals surface area contributed by atoms with Gasteiger partial charge < -0.3 is 14.0 Å². The van der Waals surface area contributed by atoms with E-state index in [9.17, 15) is 0 Å². The quantitative estimate of drug-likeness (QED) is 0.187. The first-order valence-corrected chi connectivity index (χ1v) is 17.2. The maximum atomic E-state index is 6.63. The third-order valence-electron chi connectivity index (χ3n) is 9.84. The van der Waals surface area contributed by atoms with Crippen molar-refractivity contribution in [2.24, 2.45) is 0 Å². The Balaban J connectivity index is 1.17. The molecule has 7 heteroatoms. The summed E-state index contributed by atoms with van der Waals surface area (Å²) in [5, 5.41) is 4.40. The van der Waals surface area contributed by atoms with Gasteiger partial charge in [0.2, 0.25) is 5.95 Å². The van der Waals surface area contributed by atoms with Crippen LogP contribution in [0.15, 0.2) is 164 Å². The SMILES string of the molecule is c1ccc(-c2nc(-c3ccccc3)nc(-n3c4ccccc4c4cc(-n5c6ccccc6c6ccc7c(c65)Oc5ccccc5O7)ccc43)n2)cc1. The summed E-state index contributed by atoms with van der Waals surface area (Å²) in [5.74, 6) is 4.57. The van der Waals surface area contributed by atoms with Gasteiger partial charge in [-0.2, -0.15) is 9.97 Å². The highest BCUT2D eigenvalue weighted by molar-refractivity contribution is 6.14. The Morgan fingerprint density at radius 3 is 1.63 bits per heavy atom. The molecule has 0 radical (unpaired) electrons. The normalized spacial score (nSPS) is 12.2. The zero-order chi connectivity index (χ0) is 34.2. The van der Waals surface area contributed by atoms with Crippen molar-refractivity contribution in [1.29, 1.82) is 0 Å². The van der Waals surface area contributed by atoms with Crippen LogP contribution in [0.4, 0.5) is 0 Å². The fraction of sp³-hybridized carbons (Fsp3) is 0. The topological polar surface area (TPSA) is 67.0 Å². The van der Waals surface area contributed by atoms with Gasteiger partial charge in [-0.25, -0.2) is 4.98 Å². The van der Waals surface area contributed by atoms with Crippen LogP contribution >= 0.6 is 0 Å². The van der Waals surface area contributed by atoms with Crippen molar-refractivity contribution in [2.45, 2.75) is 0 Å². The molecule has 0 amide bonds. The lowest BCUT2D eigenvalue weighted by atomic mass is 10.1. The highest BCUT2D eigenvalue weighted by atomic mass is 16.6. The minimum Gasteiger partial charge on any atom is -0.449 e. The molecule has 0 spiro atoms. The maximum absolute atomic E-state index is 6.63. The molecule has 52 heavy (non-hydrogen) atoms. The van der Waals surface area contributed by atoms with Crippen LogP contribution in [0.2, 0.25) is 0 Å². The van der Waals surface area contributed by atoms with Gasteiger partial charge in [0, 0.05) is 38.4 Å². The van der Waals surface area contributed by atoms with Crippen molar-refractivity contribution in [1.82, 2.24) is 24.1 Å². The summed E-state index contributed by atoms with van der Waals surface area (Å²) in [4.78, 5) is 15.1. The number of benzene rings is 7. The van der Waals surface area contributed by atoms with E-state index in [2.05, 4.69) is 81.9 Å². The Hall–Kier alpha value is -7.25. The molecular formula is C45H27N5O2. The predicted octanol–water partition coefficient (Wildman–Crippen LogP) is 11.3. The van der Waals surface area contributed by atoms with Gasteiger partial charge in [0.25, 0.3) is 0 Å². The average Bonchev–Trinajstić information content (AvgIpc) is 3.73. The maximum Gasteiger partial charge on any atom is 0.238 e. The lowest BCUT2D eigenvalue weighted by Gasteiger charge is -2.22. The van der Waals surface area contributed by atoms with E-state index in [1.807, 2.05) is 91.0 Å². The Morgan fingerprint density at radius 2 is 0.942 bits per heavy atom. The van der Waals surface area contributed by atoms with E-state index in [1.165, 1.54) is 0 Å². The summed E-state index contributed by atoms with van der Waals surface area (Å²) in [6.45, 7) is 0. The summed E-state index contributed by atoms with van der Waals surface area (Å²) in [5.41, 5.74) is 6.88. The van der Waals surface area contributed by atoms with Gasteiger partial charge in [0.05, 0.1) is 16.6 Å². The number of nitrogens with zero attached hydrogens (tertiary/aromatic N) is 5. The largest absolute Gasteiger partial charge is 0.449 e. The molecule has 0 aliphatic carbocycles. The van der Waals surface area contributed by atoms with Crippen LogP contribution in [0.3, 0.4) is 0 Å². The molecule has 244 valence electrons. The molecule has 7 nitrogen and oxygen atoms in total. The molecule has 3 aromatic heterocycles. The molecule has 10 aromatic rings. The van der Waals surface area contributed by atoms with Crippen LogP contribution in [0.1, 0.15) is 0 Å². The van der Waals surface area contributed by atoms with Gasteiger partial charge in [0.15, 0.2) is 34.6 Å². The molecule has 1 aliphatic heterocycles. The van der Waals surface area contributed by atoms with E-state index in [1.54, 1.807) is 0 Å². The molecule has 0 unspecified atom stereocenters. The van der Waals surface area contributed by atoms with Crippen molar-refractivity contribution in [3.63, 3.8) is 0 Å². The van der Waals surface area contributed by atoms with Crippen molar-refractivity contribution in [2.75, 3.05) is 0 Å². The average molecular weight is 670 g/mol. The van der Waals surface area contributed by atoms with Crippen LogP contribution < -0.4 is 9.47 Å². The van der Waals surface area contributed by atoms with E-state index in [4.69, 9.17) is 24.4 Å². The Labute approximate surface area is 297 Å². The summed E-state index contributed by atoms with van der Waals surface area (Å²) in [6, 6.07) is 55.6. The van der Waals surface area contributed by atoms with Crippen LogP contribution in [0, 0.1) is 0 Å². The van der Waals surface area contributed by atoms with Gasteiger partial charge in [0.1, 0.15) is 5.52 Å². The molecule has 0 bridgehead atoms. The van der Waals surface area contributed by atoms with Crippen molar-refractivity contribution in [3.05, 3.63) is 164 Å². The molecule has 0 N–H and O–H groups in total. The van der Waals surface area contributed by atoms with E-state index in [-0.39, 0.29) is 0 Å². The first kappa shape index (κ1) is 28.6. The molecule has 4 heterocycles. The highest BCUT2D eigenvalue weighted by Crippen LogP contribution is 2.51. The fourth-order valence-corrected chi connectivity index (χ4v) is 7.52. The number of hydrogen-bond donors (Lipinski definition) is 0. The standard InChI is InChI=1S/C45H27N5O2/c1-3-13-28(14-4-1)43-46-44(29-15-5-2-6-16-29)48-45(47-43)50-36-20-10-8-18-32(36)34-27-30(23-25-37(34)50)49-35-19-9-7-17-31(35)33-24-26-40-42(41(33)49)52-39-22-12-11-21-38(39)51-40/h1-27H. The number of para-hydroxylation sites is 4. The third-order valence-corrected chi connectivity index (χ3v) is 9.84. The number of ether oxygens (including phenoxy) is 2. The van der Waals surface area contributed by atoms with Gasteiger partial charge >= 0.3 is 0 Å². The van der Waals surface area contributed by atoms with E-state index in [0.717, 1.165) is 60.4 Å². The third kappa shape index (κ3) is 4.29. The van der Waals surface area contributed by atoms with Gasteiger partial charge in [-0.1, -0.05) is 109 Å². The smallest absolute Gasteiger partial charge is 0.238 e. The fourth-order valence-electron chi connectivity index (χ4n) is 7.52. The molecule has 0 atom stereocenters. The molecule has 7 aromatic carbocycles. The van der Waals surface area contributed by atoms with Crippen molar-refractivity contribution < 1.29 is 9.47 Å². The second-order valence-electron chi connectivity index (χ2n) is 12.9. The van der Waals surface area contributed by atoms with Gasteiger partial charge in [-0.15, -0.1) is 0 Å². The molecule has 0 saturated carbocycles. The number of rotatable bonds is 4. The second-order valence-corrected chi connectivity index (χ2v) is 12.9. The molecular weight excluding hydrogens is 643 g/mol. The number of hydrogen-bond acceptors (Lipinski definition) is 5. The molecule has 0 saturated heterocycles. The highest BCUT2D eigenvalue weighted by Gasteiger charge is 2.26. The van der Waals surface area contributed by atoms with Crippen LogP contribution in [-0.2, 0) is 0 Å². The van der Waals surface area contributed by atoms with Gasteiger partial charge in [-0.3, -0.25) is 4.57 Å². The van der Waals surface area contributed by atoms with Crippen LogP contribution in [-0.4, -0.2) is 24.1 Å². The van der Waals surface area contributed by atoms with E-state index in [0.29, 0.717) is 40.6 Å². The Bertz CT molecular complexity index is 2960. The molecule has 1 aliphatic rings. The van der Waals surface area contributed by atoms with Crippen LogP contribution in [0.25, 0.3) is 78.0 Å². The summed E-state index contributed by atoms with van der Waals surface area (Å²) < 4.78 is 17.4.